The summed E-state index contributed by atoms with van der Waals surface area (Å²) in [7, 11) is -2.24. The fourth-order valence-electron chi connectivity index (χ4n) is 3.37. The predicted molar refractivity (Wildman–Crippen MR) is 114 cm³/mol. The summed E-state index contributed by atoms with van der Waals surface area (Å²) in [6.07, 6.45) is 1.60. The number of nitrogens with one attached hydrogen (secondary N) is 2. The fourth-order valence-corrected chi connectivity index (χ4v) is 4.72. The zero-order valence-corrected chi connectivity index (χ0v) is 17.6. The van der Waals surface area contributed by atoms with Crippen molar-refractivity contribution in [2.45, 2.75) is 17.6 Å². The lowest BCUT2D eigenvalue weighted by molar-refractivity contribution is -0.137. The van der Waals surface area contributed by atoms with Gasteiger partial charge >= 0.3 is 6.18 Å². The van der Waals surface area contributed by atoms with Crippen molar-refractivity contribution in [3.05, 3.63) is 78.5 Å². The number of benzene rings is 1. The van der Waals surface area contributed by atoms with Crippen molar-refractivity contribution >= 4 is 32.3 Å². The largest absolute Gasteiger partial charge is 0.419 e. The third-order valence-corrected chi connectivity index (χ3v) is 6.48. The van der Waals surface area contributed by atoms with Gasteiger partial charge in [-0.1, -0.05) is 6.07 Å². The van der Waals surface area contributed by atoms with Gasteiger partial charge in [0, 0.05) is 48.6 Å². The highest BCUT2D eigenvalue weighted by Gasteiger charge is 2.34. The van der Waals surface area contributed by atoms with Crippen LogP contribution in [0.15, 0.2) is 72.3 Å². The summed E-state index contributed by atoms with van der Waals surface area (Å²) in [4.78, 5) is 7.43. The number of fused-ring (bicyclic) bond motifs is 1. The quantitative estimate of drug-likeness (QED) is 0.449. The van der Waals surface area contributed by atoms with E-state index in [-0.39, 0.29) is 10.6 Å². The topological polar surface area (TPSA) is 88.9 Å². The Morgan fingerprint density at radius 3 is 2.53 bits per heavy atom. The van der Waals surface area contributed by atoms with E-state index in [1.165, 1.54) is 49.1 Å². The maximum absolute atomic E-state index is 13.3. The zero-order valence-electron chi connectivity index (χ0n) is 16.8. The van der Waals surface area contributed by atoms with Crippen molar-refractivity contribution < 1.29 is 21.6 Å². The van der Waals surface area contributed by atoms with Gasteiger partial charge in [0.05, 0.1) is 16.8 Å². The first-order chi connectivity index (χ1) is 15.2. The van der Waals surface area contributed by atoms with E-state index in [1.54, 1.807) is 19.2 Å². The van der Waals surface area contributed by atoms with E-state index >= 15 is 0 Å². The minimum absolute atomic E-state index is 0.000221. The van der Waals surface area contributed by atoms with Crippen LogP contribution < -0.4 is 10.6 Å². The molecule has 0 spiro atoms. The smallest absolute Gasteiger partial charge is 0.355 e. The van der Waals surface area contributed by atoms with Crippen molar-refractivity contribution in [2.24, 2.45) is 0 Å². The summed E-state index contributed by atoms with van der Waals surface area (Å²) in [6.45, 7) is 0.404. The van der Waals surface area contributed by atoms with Crippen LogP contribution in [0.3, 0.4) is 0 Å². The van der Waals surface area contributed by atoms with Crippen molar-refractivity contribution in [1.82, 2.24) is 19.3 Å². The van der Waals surface area contributed by atoms with Crippen LogP contribution in [0.5, 0.6) is 0 Å². The number of alkyl halides is 3. The highest BCUT2D eigenvalue weighted by Crippen LogP contribution is 2.36. The van der Waals surface area contributed by atoms with E-state index in [0.29, 0.717) is 23.1 Å². The molecule has 0 saturated carbocycles. The highest BCUT2D eigenvalue weighted by atomic mass is 32.2. The van der Waals surface area contributed by atoms with Gasteiger partial charge in [0.25, 0.3) is 10.0 Å². The van der Waals surface area contributed by atoms with Crippen LogP contribution in [-0.4, -0.2) is 29.4 Å². The molecule has 4 aromatic rings. The van der Waals surface area contributed by atoms with E-state index in [0.717, 1.165) is 15.7 Å². The Balaban J connectivity index is 1.85. The maximum Gasteiger partial charge on any atom is 0.419 e. The zero-order chi connectivity index (χ0) is 22.9. The summed E-state index contributed by atoms with van der Waals surface area (Å²) < 4.78 is 67.6. The molecule has 0 saturated heterocycles. The molecule has 3 heterocycles. The first-order valence-electron chi connectivity index (χ1n) is 9.44. The molecule has 2 N–H and O–H groups in total. The normalized spacial score (nSPS) is 12.2. The molecule has 4 rings (SSSR count). The van der Waals surface area contributed by atoms with Crippen LogP contribution in [0.1, 0.15) is 11.1 Å². The molecule has 166 valence electrons. The summed E-state index contributed by atoms with van der Waals surface area (Å²) in [6, 6.07) is 8.94. The van der Waals surface area contributed by atoms with Crippen LogP contribution in [0.2, 0.25) is 0 Å². The van der Waals surface area contributed by atoms with Crippen molar-refractivity contribution in [2.75, 3.05) is 12.4 Å². The summed E-state index contributed by atoms with van der Waals surface area (Å²) >= 11 is 0. The average molecular weight is 461 g/mol. The Kier molecular flexibility index (Phi) is 5.61. The minimum Gasteiger partial charge on any atom is -0.355 e. The van der Waals surface area contributed by atoms with Crippen molar-refractivity contribution in [3.8, 4) is 0 Å². The molecule has 0 unspecified atom stereocenters. The van der Waals surface area contributed by atoms with Crippen LogP contribution in [0.25, 0.3) is 10.9 Å². The molecule has 1 aromatic carbocycles. The Labute approximate surface area is 182 Å². The van der Waals surface area contributed by atoms with Gasteiger partial charge in [0.1, 0.15) is 4.90 Å². The average Bonchev–Trinajstić information content (AvgIpc) is 3.13. The molecule has 0 bridgehead atoms. The van der Waals surface area contributed by atoms with E-state index < -0.39 is 21.8 Å². The second kappa shape index (κ2) is 8.24. The molecule has 0 atom stereocenters. The Bertz CT molecular complexity index is 1370. The Morgan fingerprint density at radius 2 is 1.84 bits per heavy atom. The van der Waals surface area contributed by atoms with Gasteiger partial charge in [-0.3, -0.25) is 9.97 Å². The summed E-state index contributed by atoms with van der Waals surface area (Å²) in [5.74, 6) is 0. The predicted octanol–water partition coefficient (Wildman–Crippen LogP) is 4.15. The third-order valence-electron chi connectivity index (χ3n) is 4.82. The lowest BCUT2D eigenvalue weighted by Gasteiger charge is -2.14. The maximum atomic E-state index is 13.3. The summed E-state index contributed by atoms with van der Waals surface area (Å²) in [5, 5.41) is 6.38. The minimum atomic E-state index is -4.59. The van der Waals surface area contributed by atoms with Crippen molar-refractivity contribution in [1.29, 1.82) is 0 Å². The number of anilines is 2. The molecule has 3 aromatic heterocycles. The van der Waals surface area contributed by atoms with Crippen molar-refractivity contribution in [3.63, 3.8) is 0 Å². The third kappa shape index (κ3) is 4.04. The molecule has 0 radical (unpaired) electrons. The van der Waals surface area contributed by atoms with Crippen LogP contribution in [0, 0.1) is 0 Å². The van der Waals surface area contributed by atoms with Gasteiger partial charge in [-0.2, -0.15) is 13.2 Å². The molecule has 7 nitrogen and oxygen atoms in total. The SMILES string of the molecule is CNCc1cn(S(=O)(=O)c2cccnc2)c2cc(Nc3ccncc3C(F)(F)F)ccc12. The van der Waals surface area contributed by atoms with E-state index in [2.05, 4.69) is 20.6 Å². The Morgan fingerprint density at radius 1 is 1.06 bits per heavy atom. The van der Waals surface area contributed by atoms with Gasteiger partial charge < -0.3 is 10.6 Å². The van der Waals surface area contributed by atoms with E-state index in [9.17, 15) is 21.6 Å². The molecular formula is C21H18F3N5O2S. The molecule has 32 heavy (non-hydrogen) atoms. The van der Waals surface area contributed by atoms with Crippen LogP contribution >= 0.6 is 0 Å². The van der Waals surface area contributed by atoms with Crippen LogP contribution in [0.4, 0.5) is 24.5 Å². The molecule has 11 heteroatoms. The molecule has 0 aliphatic carbocycles. The fraction of sp³-hybridized carbons (Fsp3) is 0.143. The van der Waals surface area contributed by atoms with E-state index in [1.807, 2.05) is 0 Å². The molecular weight excluding hydrogens is 443 g/mol. The number of aromatic nitrogens is 3. The van der Waals surface area contributed by atoms with Gasteiger partial charge in [-0.05, 0) is 42.9 Å². The Hall–Kier alpha value is -3.44. The number of nitrogens with zero attached hydrogens (tertiary/aromatic N) is 3. The van der Waals surface area contributed by atoms with Gasteiger partial charge in [0.2, 0.25) is 0 Å². The van der Waals surface area contributed by atoms with Gasteiger partial charge in [0.15, 0.2) is 0 Å². The first kappa shape index (κ1) is 21.8. The number of hydrogen-bond acceptors (Lipinski definition) is 6. The monoisotopic (exact) mass is 461 g/mol. The first-order valence-corrected chi connectivity index (χ1v) is 10.9. The van der Waals surface area contributed by atoms with Crippen LogP contribution in [-0.2, 0) is 22.7 Å². The lowest BCUT2D eigenvalue weighted by Crippen LogP contribution is -2.12. The standard InChI is InChI=1S/C21H18F3N5O2S/c1-25-10-14-13-29(32(30,31)16-3-2-7-26-11-16)20-9-15(4-5-17(14)20)28-19-6-8-27-12-18(19)21(22,23)24/h2-9,11-13,25H,10H2,1H3,(H,27,28). The lowest BCUT2D eigenvalue weighted by atomic mass is 10.1. The second-order valence-corrected chi connectivity index (χ2v) is 8.77. The molecule has 0 fully saturated rings. The number of pyridine rings is 2. The van der Waals surface area contributed by atoms with Gasteiger partial charge in [-0.25, -0.2) is 12.4 Å². The number of halogens is 3. The second-order valence-electron chi connectivity index (χ2n) is 6.95. The molecule has 0 amide bonds. The molecule has 0 aliphatic heterocycles. The molecule has 0 aliphatic rings. The highest BCUT2D eigenvalue weighted by molar-refractivity contribution is 7.90. The summed E-state index contributed by atoms with van der Waals surface area (Å²) in [5.41, 5.74) is 0.240. The number of hydrogen-bond donors (Lipinski definition) is 2. The number of rotatable bonds is 6. The van der Waals surface area contributed by atoms with Gasteiger partial charge in [-0.15, -0.1) is 0 Å². The van der Waals surface area contributed by atoms with E-state index in [4.69, 9.17) is 0 Å².